The van der Waals surface area contributed by atoms with Gasteiger partial charge in [0.15, 0.2) is 0 Å². The van der Waals surface area contributed by atoms with Crippen molar-refractivity contribution in [2.24, 2.45) is 0 Å². The Labute approximate surface area is 170 Å². The second-order valence-electron chi connectivity index (χ2n) is 6.45. The lowest BCUT2D eigenvalue weighted by atomic mass is 10.0. The fourth-order valence-electron chi connectivity index (χ4n) is 3.06. The Kier molecular flexibility index (Phi) is 5.20. The van der Waals surface area contributed by atoms with Crippen LogP contribution in [-0.2, 0) is 21.8 Å². The van der Waals surface area contributed by atoms with E-state index in [1.807, 2.05) is 6.92 Å². The minimum Gasteiger partial charge on any atom is -0.457 e. The number of nitrogens with one attached hydrogen (secondary N) is 1. The summed E-state index contributed by atoms with van der Waals surface area (Å²) in [5, 5.41) is 3.49. The van der Waals surface area contributed by atoms with E-state index in [4.69, 9.17) is 38.0 Å². The first-order valence-electron chi connectivity index (χ1n) is 8.61. The number of H-pyrrole nitrogens is 1. The molecule has 0 saturated carbocycles. The summed E-state index contributed by atoms with van der Waals surface area (Å²) in [6.07, 6.45) is 1.27. The first kappa shape index (κ1) is 19.1. The summed E-state index contributed by atoms with van der Waals surface area (Å²) in [6, 6.07) is 11.4. The number of halogens is 2. The lowest BCUT2D eigenvalue weighted by molar-refractivity contribution is -0.188. The Hall–Kier alpha value is -2.26. The molecule has 3 aromatic rings. The Morgan fingerprint density at radius 2 is 2.07 bits per heavy atom. The molecule has 4 rings (SSSR count). The predicted molar refractivity (Wildman–Crippen MR) is 104 cm³/mol. The number of hydrogen-bond donors (Lipinski definition) is 1. The van der Waals surface area contributed by atoms with Gasteiger partial charge in [0.2, 0.25) is 10.6 Å². The Morgan fingerprint density at radius 1 is 1.32 bits per heavy atom. The van der Waals surface area contributed by atoms with Crippen LogP contribution in [0.4, 0.5) is 4.39 Å². The average molecular weight is 422 g/mol. The van der Waals surface area contributed by atoms with E-state index in [1.165, 1.54) is 12.4 Å². The van der Waals surface area contributed by atoms with Gasteiger partial charge in [0.25, 0.3) is 0 Å². The van der Waals surface area contributed by atoms with Crippen molar-refractivity contribution >= 4 is 23.8 Å². The number of aromatic amines is 1. The highest BCUT2D eigenvalue weighted by atomic mass is 35.5. The fraction of sp³-hybridized carbons (Fsp3) is 0.263. The summed E-state index contributed by atoms with van der Waals surface area (Å²) in [6.45, 7) is 2.35. The van der Waals surface area contributed by atoms with Crippen molar-refractivity contribution < 1.29 is 18.6 Å². The summed E-state index contributed by atoms with van der Waals surface area (Å²) in [5.41, 5.74) is 0.261. The molecule has 0 aliphatic carbocycles. The number of rotatable bonds is 5. The lowest BCUT2D eigenvalue weighted by Crippen LogP contribution is -2.35. The minimum atomic E-state index is -1.31. The number of ether oxygens (including phenoxy) is 3. The summed E-state index contributed by atoms with van der Waals surface area (Å²) >= 11 is 11.0. The number of nitrogens with zero attached hydrogens (tertiary/aromatic N) is 2. The Balaban J connectivity index is 1.64. The molecule has 2 unspecified atom stereocenters. The standard InChI is InChI=1S/C19H17ClFN3O3S/c1-12-9-25-19(27-12,10-24-18(28)22-11-23-24)16-7-6-15(8-17(16)21)26-14-4-2-13(20)3-5-14/h2-8,11-12H,9-10H2,1H3,(H,22,23,28). The molecule has 1 aromatic heterocycles. The minimum absolute atomic E-state index is 0.143. The van der Waals surface area contributed by atoms with Crippen molar-refractivity contribution in [2.45, 2.75) is 25.4 Å². The third-order valence-electron chi connectivity index (χ3n) is 4.33. The SMILES string of the molecule is CC1COC(Cn2[nH]cnc2=S)(c2ccc(Oc3ccc(Cl)cc3)cc2F)O1. The third kappa shape index (κ3) is 3.81. The fourth-order valence-corrected chi connectivity index (χ4v) is 3.36. The van der Waals surface area contributed by atoms with Gasteiger partial charge in [-0.2, -0.15) is 0 Å². The zero-order valence-corrected chi connectivity index (χ0v) is 16.5. The summed E-state index contributed by atoms with van der Waals surface area (Å²) in [4.78, 5) is 3.98. The van der Waals surface area contributed by atoms with E-state index in [2.05, 4.69) is 10.1 Å². The first-order valence-corrected chi connectivity index (χ1v) is 9.39. The smallest absolute Gasteiger partial charge is 0.218 e. The van der Waals surface area contributed by atoms with Gasteiger partial charge in [0.05, 0.1) is 12.7 Å². The predicted octanol–water partition coefficient (Wildman–Crippen LogP) is 4.81. The second kappa shape index (κ2) is 7.63. The summed E-state index contributed by atoms with van der Waals surface area (Å²) < 4.78 is 34.5. The van der Waals surface area contributed by atoms with Crippen LogP contribution in [0.3, 0.4) is 0 Å². The van der Waals surface area contributed by atoms with Crippen LogP contribution in [0, 0.1) is 10.6 Å². The van der Waals surface area contributed by atoms with Crippen molar-refractivity contribution in [3.05, 3.63) is 70.0 Å². The van der Waals surface area contributed by atoms with Gasteiger partial charge in [0, 0.05) is 16.7 Å². The molecule has 1 aliphatic rings. The van der Waals surface area contributed by atoms with Gasteiger partial charge in [-0.3, -0.25) is 9.78 Å². The molecule has 0 spiro atoms. The third-order valence-corrected chi connectivity index (χ3v) is 4.91. The van der Waals surface area contributed by atoms with Crippen molar-refractivity contribution in [3.8, 4) is 11.5 Å². The molecule has 0 bridgehead atoms. The van der Waals surface area contributed by atoms with Crippen molar-refractivity contribution in [3.63, 3.8) is 0 Å². The summed E-state index contributed by atoms with van der Waals surface area (Å²) in [7, 11) is 0. The normalized spacial score (nSPS) is 21.8. The molecule has 146 valence electrons. The van der Waals surface area contributed by atoms with Crippen LogP contribution in [0.1, 0.15) is 12.5 Å². The molecular weight excluding hydrogens is 405 g/mol. The van der Waals surface area contributed by atoms with Crippen LogP contribution in [0.15, 0.2) is 48.8 Å². The van der Waals surface area contributed by atoms with Crippen LogP contribution in [-0.4, -0.2) is 27.5 Å². The van der Waals surface area contributed by atoms with E-state index in [0.717, 1.165) is 0 Å². The van der Waals surface area contributed by atoms with Crippen molar-refractivity contribution in [2.75, 3.05) is 6.61 Å². The van der Waals surface area contributed by atoms with Gasteiger partial charge in [-0.05, 0) is 55.5 Å². The van der Waals surface area contributed by atoms with Gasteiger partial charge in [-0.15, -0.1) is 0 Å². The van der Waals surface area contributed by atoms with Crippen molar-refractivity contribution in [1.82, 2.24) is 14.8 Å². The molecule has 1 fully saturated rings. The van der Waals surface area contributed by atoms with Gasteiger partial charge in [-0.25, -0.2) is 9.37 Å². The van der Waals surface area contributed by atoms with Crippen LogP contribution in [0.2, 0.25) is 5.02 Å². The van der Waals surface area contributed by atoms with E-state index in [9.17, 15) is 0 Å². The monoisotopic (exact) mass is 421 g/mol. The molecule has 1 saturated heterocycles. The van der Waals surface area contributed by atoms with Crippen LogP contribution >= 0.6 is 23.8 Å². The Morgan fingerprint density at radius 3 is 2.68 bits per heavy atom. The Bertz CT molecular complexity index is 1040. The number of benzene rings is 2. The molecular formula is C19H17ClFN3O3S. The van der Waals surface area contributed by atoms with Crippen molar-refractivity contribution in [1.29, 1.82) is 0 Å². The van der Waals surface area contributed by atoms with E-state index in [1.54, 1.807) is 41.1 Å². The summed E-state index contributed by atoms with van der Waals surface area (Å²) in [5.74, 6) is -0.918. The molecule has 0 radical (unpaired) electrons. The topological polar surface area (TPSA) is 61.3 Å². The highest BCUT2D eigenvalue weighted by Crippen LogP contribution is 2.38. The van der Waals surface area contributed by atoms with Gasteiger partial charge in [-0.1, -0.05) is 11.6 Å². The zero-order valence-electron chi connectivity index (χ0n) is 14.9. The maximum Gasteiger partial charge on any atom is 0.218 e. The largest absolute Gasteiger partial charge is 0.457 e. The van der Waals surface area contributed by atoms with Gasteiger partial charge in [0.1, 0.15) is 30.2 Å². The van der Waals surface area contributed by atoms with Crippen LogP contribution in [0.25, 0.3) is 0 Å². The molecule has 28 heavy (non-hydrogen) atoms. The molecule has 0 amide bonds. The molecule has 9 heteroatoms. The molecule has 2 atom stereocenters. The molecule has 6 nitrogen and oxygen atoms in total. The van der Waals surface area contributed by atoms with E-state index < -0.39 is 11.6 Å². The molecule has 2 heterocycles. The van der Waals surface area contributed by atoms with E-state index >= 15 is 4.39 Å². The van der Waals surface area contributed by atoms with Gasteiger partial charge >= 0.3 is 0 Å². The highest BCUT2D eigenvalue weighted by Gasteiger charge is 2.44. The van der Waals surface area contributed by atoms with E-state index in [-0.39, 0.29) is 18.2 Å². The molecule has 1 aliphatic heterocycles. The quantitative estimate of drug-likeness (QED) is 0.599. The van der Waals surface area contributed by atoms with Crippen LogP contribution < -0.4 is 4.74 Å². The zero-order chi connectivity index (χ0) is 19.7. The first-order chi connectivity index (χ1) is 13.4. The average Bonchev–Trinajstić information content (AvgIpc) is 3.23. The molecule has 1 N–H and O–H groups in total. The molecule has 2 aromatic carbocycles. The number of hydrogen-bond acceptors (Lipinski definition) is 5. The van der Waals surface area contributed by atoms with E-state index in [0.29, 0.717) is 27.9 Å². The van der Waals surface area contributed by atoms with Gasteiger partial charge < -0.3 is 14.2 Å². The van der Waals surface area contributed by atoms with Crippen LogP contribution in [0.5, 0.6) is 11.5 Å². The maximum absolute atomic E-state index is 15.0. The highest BCUT2D eigenvalue weighted by molar-refractivity contribution is 7.71. The number of aromatic nitrogens is 3. The second-order valence-corrected chi connectivity index (χ2v) is 7.25. The lowest BCUT2D eigenvalue weighted by Gasteiger charge is -2.29. The maximum atomic E-state index is 15.0.